The average molecular weight is 309 g/mol. The lowest BCUT2D eigenvalue weighted by Crippen LogP contribution is -2.20. The van der Waals surface area contributed by atoms with Gasteiger partial charge in [-0.1, -0.05) is 23.7 Å². The molecule has 3 nitrogen and oxygen atoms in total. The van der Waals surface area contributed by atoms with E-state index in [2.05, 4.69) is 10.5 Å². The molecule has 2 aromatic rings. The molecule has 1 amide bonds. The van der Waals surface area contributed by atoms with E-state index in [9.17, 15) is 13.6 Å². The highest BCUT2D eigenvalue weighted by atomic mass is 35.5. The molecule has 0 aliphatic carbocycles. The van der Waals surface area contributed by atoms with Gasteiger partial charge in [-0.3, -0.25) is 4.79 Å². The SMILES string of the molecule is C/C(=N/NC(=O)c1ccccc1F)c1ccc(F)cc1Cl. The summed E-state index contributed by atoms with van der Waals surface area (Å²) in [7, 11) is 0. The minimum absolute atomic E-state index is 0.112. The second kappa shape index (κ2) is 6.45. The molecule has 0 aliphatic heterocycles. The number of hydrogen-bond acceptors (Lipinski definition) is 2. The maximum Gasteiger partial charge on any atom is 0.274 e. The van der Waals surface area contributed by atoms with Gasteiger partial charge in [-0.2, -0.15) is 5.10 Å². The van der Waals surface area contributed by atoms with Crippen LogP contribution in [0, 0.1) is 11.6 Å². The van der Waals surface area contributed by atoms with Gasteiger partial charge in [0.25, 0.3) is 5.91 Å². The Kier molecular flexibility index (Phi) is 4.65. The van der Waals surface area contributed by atoms with Crippen LogP contribution >= 0.6 is 11.6 Å². The van der Waals surface area contributed by atoms with Crippen molar-refractivity contribution >= 4 is 23.2 Å². The summed E-state index contributed by atoms with van der Waals surface area (Å²) in [6.07, 6.45) is 0. The van der Waals surface area contributed by atoms with Gasteiger partial charge in [0.15, 0.2) is 0 Å². The second-order valence-electron chi connectivity index (χ2n) is 4.24. The molecule has 0 spiro atoms. The first kappa shape index (κ1) is 15.1. The van der Waals surface area contributed by atoms with E-state index in [1.165, 1.54) is 30.3 Å². The largest absolute Gasteiger partial charge is 0.274 e. The van der Waals surface area contributed by atoms with E-state index in [0.717, 1.165) is 6.07 Å². The van der Waals surface area contributed by atoms with Crippen LogP contribution < -0.4 is 5.43 Å². The van der Waals surface area contributed by atoms with E-state index in [1.54, 1.807) is 13.0 Å². The van der Waals surface area contributed by atoms with E-state index in [1.807, 2.05) is 0 Å². The third-order valence-corrected chi connectivity index (χ3v) is 3.08. The van der Waals surface area contributed by atoms with Crippen molar-refractivity contribution in [1.29, 1.82) is 0 Å². The lowest BCUT2D eigenvalue weighted by Gasteiger charge is -2.05. The van der Waals surface area contributed by atoms with E-state index in [0.29, 0.717) is 11.3 Å². The van der Waals surface area contributed by atoms with Crippen molar-refractivity contribution in [3.8, 4) is 0 Å². The van der Waals surface area contributed by atoms with Crippen LogP contribution in [0.4, 0.5) is 8.78 Å². The summed E-state index contributed by atoms with van der Waals surface area (Å²) in [5, 5.41) is 4.02. The van der Waals surface area contributed by atoms with Crippen LogP contribution in [0.3, 0.4) is 0 Å². The standard InChI is InChI=1S/C15H11ClF2N2O/c1-9(11-7-6-10(17)8-13(11)16)19-20-15(21)12-4-2-3-5-14(12)18/h2-8H,1H3,(H,20,21)/b19-9-. The molecule has 21 heavy (non-hydrogen) atoms. The Bertz CT molecular complexity index is 717. The number of carbonyl (C=O) groups is 1. The fourth-order valence-corrected chi connectivity index (χ4v) is 1.99. The van der Waals surface area contributed by atoms with E-state index in [4.69, 9.17) is 11.6 Å². The van der Waals surface area contributed by atoms with Crippen LogP contribution in [0.2, 0.25) is 5.02 Å². The Hall–Kier alpha value is -2.27. The van der Waals surface area contributed by atoms with Gasteiger partial charge in [-0.25, -0.2) is 14.2 Å². The monoisotopic (exact) mass is 308 g/mol. The van der Waals surface area contributed by atoms with Gasteiger partial charge < -0.3 is 0 Å². The number of amides is 1. The van der Waals surface area contributed by atoms with Crippen molar-refractivity contribution < 1.29 is 13.6 Å². The smallest absolute Gasteiger partial charge is 0.267 e. The lowest BCUT2D eigenvalue weighted by molar-refractivity contribution is 0.0951. The number of nitrogens with zero attached hydrogens (tertiary/aromatic N) is 1. The maximum atomic E-state index is 13.4. The third kappa shape index (κ3) is 3.64. The van der Waals surface area contributed by atoms with Crippen LogP contribution in [-0.4, -0.2) is 11.6 Å². The molecule has 0 atom stereocenters. The van der Waals surface area contributed by atoms with E-state index in [-0.39, 0.29) is 10.6 Å². The molecule has 2 aromatic carbocycles. The zero-order chi connectivity index (χ0) is 15.4. The number of halogens is 3. The number of rotatable bonds is 3. The highest BCUT2D eigenvalue weighted by molar-refractivity contribution is 6.34. The predicted molar refractivity (Wildman–Crippen MR) is 77.5 cm³/mol. The fraction of sp³-hybridized carbons (Fsp3) is 0.0667. The molecule has 0 unspecified atom stereocenters. The van der Waals surface area contributed by atoms with Gasteiger partial charge in [0.1, 0.15) is 11.6 Å². The van der Waals surface area contributed by atoms with Gasteiger partial charge in [0.05, 0.1) is 16.3 Å². The molecule has 108 valence electrons. The number of carbonyl (C=O) groups excluding carboxylic acids is 1. The second-order valence-corrected chi connectivity index (χ2v) is 4.65. The summed E-state index contributed by atoms with van der Waals surface area (Å²) in [5.74, 6) is -1.78. The first-order valence-corrected chi connectivity index (χ1v) is 6.41. The van der Waals surface area contributed by atoms with Gasteiger partial charge in [0, 0.05) is 5.56 Å². The van der Waals surface area contributed by atoms with Crippen LogP contribution in [0.25, 0.3) is 0 Å². The molecule has 0 aromatic heterocycles. The molecular weight excluding hydrogens is 298 g/mol. The summed E-state index contributed by atoms with van der Waals surface area (Å²) >= 11 is 5.89. The van der Waals surface area contributed by atoms with Crippen LogP contribution in [-0.2, 0) is 0 Å². The Labute approximate surface area is 125 Å². The van der Waals surface area contributed by atoms with Crippen LogP contribution in [0.5, 0.6) is 0 Å². The first-order chi connectivity index (χ1) is 9.99. The zero-order valence-corrected chi connectivity index (χ0v) is 11.8. The minimum Gasteiger partial charge on any atom is -0.267 e. The number of hydrazone groups is 1. The molecular formula is C15H11ClF2N2O. The minimum atomic E-state index is -0.675. The molecule has 0 fully saturated rings. The van der Waals surface area contributed by atoms with Crippen LogP contribution in [0.1, 0.15) is 22.8 Å². The molecule has 0 bridgehead atoms. The van der Waals surface area contributed by atoms with Crippen molar-refractivity contribution in [1.82, 2.24) is 5.43 Å². The topological polar surface area (TPSA) is 41.5 Å². The summed E-state index contributed by atoms with van der Waals surface area (Å²) in [5.41, 5.74) is 2.98. The van der Waals surface area contributed by atoms with E-state index < -0.39 is 17.5 Å². The number of benzene rings is 2. The molecule has 6 heteroatoms. The fourth-order valence-electron chi connectivity index (χ4n) is 1.68. The molecule has 0 radical (unpaired) electrons. The molecule has 0 saturated heterocycles. The normalized spacial score (nSPS) is 11.3. The van der Waals surface area contributed by atoms with Crippen molar-refractivity contribution in [2.45, 2.75) is 6.92 Å². The molecule has 1 N–H and O–H groups in total. The highest BCUT2D eigenvalue weighted by Gasteiger charge is 2.10. The Morgan fingerprint density at radius 3 is 2.52 bits per heavy atom. The summed E-state index contributed by atoms with van der Waals surface area (Å²) in [6, 6.07) is 9.40. The van der Waals surface area contributed by atoms with E-state index >= 15 is 0 Å². The van der Waals surface area contributed by atoms with Gasteiger partial charge in [0.2, 0.25) is 0 Å². The molecule has 2 rings (SSSR count). The number of hydrogen-bond donors (Lipinski definition) is 1. The van der Waals surface area contributed by atoms with Crippen molar-refractivity contribution in [2.75, 3.05) is 0 Å². The Balaban J connectivity index is 2.17. The zero-order valence-electron chi connectivity index (χ0n) is 11.0. The van der Waals surface area contributed by atoms with Crippen LogP contribution in [0.15, 0.2) is 47.6 Å². The predicted octanol–water partition coefficient (Wildman–Crippen LogP) is 3.77. The van der Waals surface area contributed by atoms with Gasteiger partial charge in [-0.05, 0) is 37.3 Å². The van der Waals surface area contributed by atoms with Crippen molar-refractivity contribution in [3.63, 3.8) is 0 Å². The molecule has 0 saturated carbocycles. The third-order valence-electron chi connectivity index (χ3n) is 2.76. The maximum absolute atomic E-state index is 13.4. The summed E-state index contributed by atoms with van der Waals surface area (Å²) in [4.78, 5) is 11.8. The highest BCUT2D eigenvalue weighted by Crippen LogP contribution is 2.18. The van der Waals surface area contributed by atoms with Gasteiger partial charge in [-0.15, -0.1) is 0 Å². The Morgan fingerprint density at radius 1 is 1.14 bits per heavy atom. The Morgan fingerprint density at radius 2 is 1.86 bits per heavy atom. The summed E-state index contributed by atoms with van der Waals surface area (Å²) in [6.45, 7) is 1.60. The van der Waals surface area contributed by atoms with Crippen molar-refractivity contribution in [2.24, 2.45) is 5.10 Å². The molecule has 0 heterocycles. The van der Waals surface area contributed by atoms with Gasteiger partial charge >= 0.3 is 0 Å². The quantitative estimate of drug-likeness (QED) is 0.680. The number of nitrogens with one attached hydrogen (secondary N) is 1. The average Bonchev–Trinajstić information content (AvgIpc) is 2.45. The molecule has 0 aliphatic rings. The van der Waals surface area contributed by atoms with Crippen molar-refractivity contribution in [3.05, 3.63) is 70.2 Å². The lowest BCUT2D eigenvalue weighted by atomic mass is 10.1. The first-order valence-electron chi connectivity index (χ1n) is 6.03. The summed E-state index contributed by atoms with van der Waals surface area (Å²) < 4.78 is 26.4.